The summed E-state index contributed by atoms with van der Waals surface area (Å²) in [4.78, 5) is 13.6. The molecule has 0 aliphatic rings. The minimum Gasteiger partial charge on any atom is -0.347 e. The molecule has 0 radical (unpaired) electrons. The Morgan fingerprint density at radius 3 is 2.10 bits per heavy atom. The first-order valence-electron chi connectivity index (χ1n) is 6.14. The Kier molecular flexibility index (Phi) is 5.73. The molecule has 0 heterocycles. The Morgan fingerprint density at radius 1 is 1.20 bits per heavy atom. The lowest BCUT2D eigenvalue weighted by Crippen LogP contribution is -2.49. The maximum atomic E-state index is 12.3. The lowest BCUT2D eigenvalue weighted by atomic mass is 10.0. The van der Waals surface area contributed by atoms with Crippen molar-refractivity contribution in [1.82, 2.24) is 9.62 Å². The highest BCUT2D eigenvalue weighted by Gasteiger charge is 2.29. The van der Waals surface area contributed by atoms with Gasteiger partial charge in [-0.05, 0) is 30.2 Å². The predicted octanol–water partition coefficient (Wildman–Crippen LogP) is 1.84. The van der Waals surface area contributed by atoms with E-state index in [1.165, 1.54) is 17.0 Å². The third-order valence-corrected chi connectivity index (χ3v) is 4.77. The summed E-state index contributed by atoms with van der Waals surface area (Å²) in [6.07, 6.45) is 0. The molecule has 20 heavy (non-hydrogen) atoms. The van der Waals surface area contributed by atoms with Crippen LogP contribution in [0, 0.1) is 5.92 Å². The van der Waals surface area contributed by atoms with Crippen molar-refractivity contribution in [1.29, 1.82) is 0 Å². The van der Waals surface area contributed by atoms with Crippen LogP contribution in [0.4, 0.5) is 0 Å². The van der Waals surface area contributed by atoms with Crippen molar-refractivity contribution in [3.05, 3.63) is 28.7 Å². The van der Waals surface area contributed by atoms with E-state index >= 15 is 0 Å². The number of sulfonamides is 1. The number of rotatable bonds is 5. The number of halogens is 1. The monoisotopic (exact) mass is 362 g/mol. The van der Waals surface area contributed by atoms with Crippen LogP contribution in [-0.2, 0) is 14.8 Å². The summed E-state index contributed by atoms with van der Waals surface area (Å²) < 4.78 is 27.8. The number of likely N-dealkylation sites (N-methyl/N-ethyl adjacent to an activating group) is 1. The maximum absolute atomic E-state index is 12.3. The molecule has 7 heteroatoms. The summed E-state index contributed by atoms with van der Waals surface area (Å²) in [5, 5.41) is 0. The smallest absolute Gasteiger partial charge is 0.241 e. The maximum Gasteiger partial charge on any atom is 0.241 e. The number of hydrogen-bond acceptors (Lipinski definition) is 3. The topological polar surface area (TPSA) is 66.5 Å². The van der Waals surface area contributed by atoms with Gasteiger partial charge in [0.05, 0.1) is 4.90 Å². The van der Waals surface area contributed by atoms with Crippen molar-refractivity contribution in [2.24, 2.45) is 5.92 Å². The van der Waals surface area contributed by atoms with E-state index in [2.05, 4.69) is 20.7 Å². The molecule has 0 aliphatic heterocycles. The first-order chi connectivity index (χ1) is 9.15. The first-order valence-corrected chi connectivity index (χ1v) is 8.42. The summed E-state index contributed by atoms with van der Waals surface area (Å²) in [6, 6.07) is 5.49. The van der Waals surface area contributed by atoms with E-state index in [1.807, 2.05) is 0 Å². The van der Waals surface area contributed by atoms with Gasteiger partial charge < -0.3 is 4.90 Å². The highest BCUT2D eigenvalue weighted by atomic mass is 79.9. The number of carbonyl (C=O) groups is 1. The van der Waals surface area contributed by atoms with Crippen molar-refractivity contribution < 1.29 is 13.2 Å². The van der Waals surface area contributed by atoms with Gasteiger partial charge in [0.15, 0.2) is 0 Å². The normalized spacial score (nSPS) is 13.3. The Hall–Kier alpha value is -0.920. The average molecular weight is 363 g/mol. The quantitative estimate of drug-likeness (QED) is 0.868. The molecule has 0 aromatic heterocycles. The molecule has 0 aliphatic carbocycles. The number of amides is 1. The van der Waals surface area contributed by atoms with E-state index in [4.69, 9.17) is 0 Å². The molecule has 1 aromatic rings. The van der Waals surface area contributed by atoms with Gasteiger partial charge in [0, 0.05) is 18.6 Å². The van der Waals surface area contributed by atoms with Gasteiger partial charge in [0.25, 0.3) is 0 Å². The highest BCUT2D eigenvalue weighted by Crippen LogP contribution is 2.16. The first kappa shape index (κ1) is 17.1. The fourth-order valence-electron chi connectivity index (χ4n) is 1.60. The minimum atomic E-state index is -3.72. The number of nitrogens with zero attached hydrogens (tertiary/aromatic N) is 1. The van der Waals surface area contributed by atoms with Crippen LogP contribution in [0.1, 0.15) is 13.8 Å². The van der Waals surface area contributed by atoms with Crippen LogP contribution in [-0.4, -0.2) is 39.4 Å². The average Bonchev–Trinajstić information content (AvgIpc) is 2.35. The van der Waals surface area contributed by atoms with E-state index < -0.39 is 16.1 Å². The Bertz CT molecular complexity index is 568. The third kappa shape index (κ3) is 4.29. The second-order valence-electron chi connectivity index (χ2n) is 5.03. The standard InChI is InChI=1S/C13H19BrN2O3S/c1-9(2)12(13(17)16(3)4)15-20(18,19)11-7-5-10(14)6-8-11/h5-9,12,15H,1-4H3/t12-/m0/s1. The second kappa shape index (κ2) is 6.69. The van der Waals surface area contributed by atoms with Crippen molar-refractivity contribution in [3.8, 4) is 0 Å². The third-order valence-electron chi connectivity index (χ3n) is 2.78. The summed E-state index contributed by atoms with van der Waals surface area (Å²) in [5.74, 6) is -0.407. The van der Waals surface area contributed by atoms with Crippen LogP contribution >= 0.6 is 15.9 Å². The van der Waals surface area contributed by atoms with Crippen molar-refractivity contribution in [3.63, 3.8) is 0 Å². The molecule has 1 amide bonds. The van der Waals surface area contributed by atoms with Crippen molar-refractivity contribution in [2.45, 2.75) is 24.8 Å². The van der Waals surface area contributed by atoms with Crippen LogP contribution in [0.2, 0.25) is 0 Å². The molecular weight excluding hydrogens is 344 g/mol. The van der Waals surface area contributed by atoms with Gasteiger partial charge in [0.1, 0.15) is 6.04 Å². The van der Waals surface area contributed by atoms with Crippen LogP contribution in [0.15, 0.2) is 33.6 Å². The summed E-state index contributed by atoms with van der Waals surface area (Å²) in [6.45, 7) is 3.60. The lowest BCUT2D eigenvalue weighted by molar-refractivity contribution is -0.131. The van der Waals surface area contributed by atoms with Crippen molar-refractivity contribution >= 4 is 31.9 Å². The largest absolute Gasteiger partial charge is 0.347 e. The minimum absolute atomic E-state index is 0.137. The molecule has 0 saturated heterocycles. The molecule has 0 bridgehead atoms. The summed E-state index contributed by atoms with van der Waals surface area (Å²) in [5.41, 5.74) is 0. The van der Waals surface area contributed by atoms with E-state index in [0.29, 0.717) is 0 Å². The van der Waals surface area contributed by atoms with Gasteiger partial charge >= 0.3 is 0 Å². The van der Waals surface area contributed by atoms with E-state index in [-0.39, 0.29) is 16.7 Å². The van der Waals surface area contributed by atoms with Crippen molar-refractivity contribution in [2.75, 3.05) is 14.1 Å². The fourth-order valence-corrected chi connectivity index (χ4v) is 3.20. The number of benzene rings is 1. The molecule has 0 unspecified atom stereocenters. The number of hydrogen-bond donors (Lipinski definition) is 1. The van der Waals surface area contributed by atoms with E-state index in [9.17, 15) is 13.2 Å². The molecule has 0 fully saturated rings. The zero-order valence-corrected chi connectivity index (χ0v) is 14.3. The van der Waals surface area contributed by atoms with Gasteiger partial charge in [-0.1, -0.05) is 29.8 Å². The number of carbonyl (C=O) groups excluding carboxylic acids is 1. The Morgan fingerprint density at radius 2 is 1.70 bits per heavy atom. The van der Waals surface area contributed by atoms with Crippen LogP contribution < -0.4 is 4.72 Å². The number of nitrogens with one attached hydrogen (secondary N) is 1. The molecule has 5 nitrogen and oxygen atoms in total. The zero-order chi connectivity index (χ0) is 15.5. The SMILES string of the molecule is CC(C)[C@H](NS(=O)(=O)c1ccc(Br)cc1)C(=O)N(C)C. The van der Waals surface area contributed by atoms with Gasteiger partial charge in [-0.25, -0.2) is 8.42 Å². The van der Waals surface area contributed by atoms with E-state index in [1.54, 1.807) is 40.1 Å². The zero-order valence-electron chi connectivity index (χ0n) is 11.9. The Labute approximate surface area is 128 Å². The van der Waals surface area contributed by atoms with Gasteiger partial charge in [-0.3, -0.25) is 4.79 Å². The molecule has 0 spiro atoms. The van der Waals surface area contributed by atoms with Crippen LogP contribution in [0.5, 0.6) is 0 Å². The molecule has 1 rings (SSSR count). The molecule has 1 N–H and O–H groups in total. The summed E-state index contributed by atoms with van der Waals surface area (Å²) >= 11 is 3.25. The molecule has 112 valence electrons. The molecule has 1 atom stereocenters. The highest BCUT2D eigenvalue weighted by molar-refractivity contribution is 9.10. The van der Waals surface area contributed by atoms with Crippen LogP contribution in [0.3, 0.4) is 0 Å². The fraction of sp³-hybridized carbons (Fsp3) is 0.462. The second-order valence-corrected chi connectivity index (χ2v) is 7.66. The predicted molar refractivity (Wildman–Crippen MR) is 81.8 cm³/mol. The molecule has 1 aromatic carbocycles. The van der Waals surface area contributed by atoms with E-state index in [0.717, 1.165) is 4.47 Å². The summed E-state index contributed by atoms with van der Waals surface area (Å²) in [7, 11) is -0.513. The van der Waals surface area contributed by atoms with Crippen LogP contribution in [0.25, 0.3) is 0 Å². The van der Waals surface area contributed by atoms with Gasteiger partial charge in [-0.2, -0.15) is 4.72 Å². The van der Waals surface area contributed by atoms with Gasteiger partial charge in [0.2, 0.25) is 15.9 Å². The Balaban J connectivity index is 3.03. The molecular formula is C13H19BrN2O3S. The molecule has 0 saturated carbocycles. The van der Waals surface area contributed by atoms with Gasteiger partial charge in [-0.15, -0.1) is 0 Å². The lowest BCUT2D eigenvalue weighted by Gasteiger charge is -2.24.